The largest absolute Gasteiger partial charge is 0.455 e. The van der Waals surface area contributed by atoms with Crippen molar-refractivity contribution in [3.8, 4) is 21.9 Å². The van der Waals surface area contributed by atoms with Gasteiger partial charge in [-0.15, -0.1) is 11.3 Å². The van der Waals surface area contributed by atoms with E-state index < -0.39 is 5.92 Å². The average Bonchev–Trinajstić information content (AvgIpc) is 3.67. The second kappa shape index (κ2) is 11.0. The fourth-order valence-corrected chi connectivity index (χ4v) is 6.77. The van der Waals surface area contributed by atoms with E-state index in [1.165, 1.54) is 17.4 Å². The Morgan fingerprint density at radius 2 is 1.98 bits per heavy atom. The van der Waals surface area contributed by atoms with E-state index >= 15 is 0 Å². The molecule has 2 N–H and O–H groups in total. The first-order valence-corrected chi connectivity index (χ1v) is 14.4. The second-order valence-corrected chi connectivity index (χ2v) is 11.7. The van der Waals surface area contributed by atoms with Crippen LogP contribution in [0.15, 0.2) is 60.8 Å². The summed E-state index contributed by atoms with van der Waals surface area (Å²) in [5.41, 5.74) is 2.04. The molecule has 40 heavy (non-hydrogen) atoms. The summed E-state index contributed by atoms with van der Waals surface area (Å²) in [4.78, 5) is 2.87. The molecule has 1 atom stereocenters. The van der Waals surface area contributed by atoms with Crippen LogP contribution < -0.4 is 10.1 Å². The van der Waals surface area contributed by atoms with Crippen molar-refractivity contribution in [1.82, 2.24) is 15.1 Å². The van der Waals surface area contributed by atoms with Gasteiger partial charge in [-0.3, -0.25) is 9.49 Å². The number of benzene rings is 3. The summed E-state index contributed by atoms with van der Waals surface area (Å²) in [6.07, 6.45) is 3.31. The summed E-state index contributed by atoms with van der Waals surface area (Å²) in [6, 6.07) is 16.4. The quantitative estimate of drug-likeness (QED) is 0.182. The molecule has 0 saturated carbocycles. The topological polar surface area (TPSA) is 53.2 Å². The van der Waals surface area contributed by atoms with Crippen LogP contribution in [0, 0.1) is 0 Å². The third-order valence-corrected chi connectivity index (χ3v) is 8.74. The molecular weight excluding hydrogens is 557 g/mol. The van der Waals surface area contributed by atoms with Gasteiger partial charge in [0.2, 0.25) is 0 Å². The number of alkyl halides is 3. The van der Waals surface area contributed by atoms with Crippen LogP contribution in [0.2, 0.25) is 5.02 Å². The van der Waals surface area contributed by atoms with Gasteiger partial charge in [-0.1, -0.05) is 17.7 Å². The molecule has 1 saturated heterocycles. The van der Waals surface area contributed by atoms with E-state index in [0.717, 1.165) is 59.7 Å². The molecule has 6 rings (SSSR count). The Kier molecular flexibility index (Phi) is 7.37. The minimum absolute atomic E-state index is 0.156. The Hall–Kier alpha value is -3.27. The third kappa shape index (κ3) is 5.38. The standard InChI is InChI=1S/C30H28ClF3N4OS/c1-30(33,34)25-15-18(31)3-8-22(25)29-27(23-9-10-26-24(16-35-37-26)28(23)40-29)39-21-6-4-19(5-7-21)36-20-11-14-38(17-20)13-2-12-32/h3-10,15-16,20,36H,2,11-14,17H2,1H3,(H,35,37)/t20-/m1/s1. The zero-order valence-corrected chi connectivity index (χ0v) is 23.4. The highest BCUT2D eigenvalue weighted by molar-refractivity contribution is 7.23. The lowest BCUT2D eigenvalue weighted by molar-refractivity contribution is 0.0181. The van der Waals surface area contributed by atoms with Gasteiger partial charge in [0.1, 0.15) is 5.75 Å². The Morgan fingerprint density at radius 1 is 1.15 bits per heavy atom. The molecule has 0 aliphatic carbocycles. The van der Waals surface area contributed by atoms with Gasteiger partial charge in [0.25, 0.3) is 5.92 Å². The van der Waals surface area contributed by atoms with Crippen molar-refractivity contribution in [2.24, 2.45) is 0 Å². The molecule has 1 aliphatic heterocycles. The molecule has 1 aliphatic rings. The fraction of sp³-hybridized carbons (Fsp3) is 0.300. The Balaban J connectivity index is 1.33. The van der Waals surface area contributed by atoms with Gasteiger partial charge in [-0.25, -0.2) is 8.78 Å². The van der Waals surface area contributed by atoms with Crippen molar-refractivity contribution in [3.63, 3.8) is 0 Å². The number of hydrogen-bond acceptors (Lipinski definition) is 5. The van der Waals surface area contributed by atoms with E-state index in [9.17, 15) is 13.2 Å². The van der Waals surface area contributed by atoms with Crippen LogP contribution in [-0.4, -0.2) is 47.4 Å². The summed E-state index contributed by atoms with van der Waals surface area (Å²) in [5.74, 6) is -2.00. The van der Waals surface area contributed by atoms with Crippen LogP contribution in [0.3, 0.4) is 0 Å². The van der Waals surface area contributed by atoms with E-state index in [2.05, 4.69) is 20.4 Å². The fourth-order valence-electron chi connectivity index (χ4n) is 5.32. The van der Waals surface area contributed by atoms with Gasteiger partial charge in [0.15, 0.2) is 5.75 Å². The first-order valence-electron chi connectivity index (χ1n) is 13.2. The lowest BCUT2D eigenvalue weighted by Gasteiger charge is -2.18. The Labute approximate surface area is 238 Å². The molecular formula is C30H28ClF3N4OS. The summed E-state index contributed by atoms with van der Waals surface area (Å²) >= 11 is 7.53. The van der Waals surface area contributed by atoms with Crippen molar-refractivity contribution in [2.45, 2.75) is 31.7 Å². The van der Waals surface area contributed by atoms with Crippen LogP contribution in [0.25, 0.3) is 31.4 Å². The lowest BCUT2D eigenvalue weighted by atomic mass is 10.00. The highest BCUT2D eigenvalue weighted by Crippen LogP contribution is 2.51. The van der Waals surface area contributed by atoms with Crippen molar-refractivity contribution in [2.75, 3.05) is 31.6 Å². The summed E-state index contributed by atoms with van der Waals surface area (Å²) in [5, 5.41) is 12.6. The number of hydrogen-bond donors (Lipinski definition) is 2. The van der Waals surface area contributed by atoms with Crippen molar-refractivity contribution >= 4 is 49.6 Å². The number of rotatable bonds is 9. The Bertz CT molecular complexity index is 1650. The average molecular weight is 585 g/mol. The molecule has 0 spiro atoms. The lowest BCUT2D eigenvalue weighted by Crippen LogP contribution is -2.27. The number of nitrogens with one attached hydrogen (secondary N) is 2. The molecule has 0 bridgehead atoms. The predicted molar refractivity (Wildman–Crippen MR) is 157 cm³/mol. The number of ether oxygens (including phenoxy) is 1. The van der Waals surface area contributed by atoms with Gasteiger partial charge in [-0.2, -0.15) is 5.10 Å². The number of H-pyrrole nitrogens is 1. The number of aromatic nitrogens is 2. The van der Waals surface area contributed by atoms with Crippen LogP contribution in [0.4, 0.5) is 18.9 Å². The summed E-state index contributed by atoms with van der Waals surface area (Å²) < 4.78 is 49.4. The molecule has 1 fully saturated rings. The smallest absolute Gasteiger partial charge is 0.271 e. The predicted octanol–water partition coefficient (Wildman–Crippen LogP) is 8.85. The second-order valence-electron chi connectivity index (χ2n) is 10.2. The molecule has 10 heteroatoms. The van der Waals surface area contributed by atoms with Crippen LogP contribution in [-0.2, 0) is 5.92 Å². The zero-order valence-electron chi connectivity index (χ0n) is 21.8. The van der Waals surface area contributed by atoms with Gasteiger partial charge in [0.05, 0.1) is 23.3 Å². The van der Waals surface area contributed by atoms with Gasteiger partial charge in [0, 0.05) is 69.9 Å². The molecule has 208 valence electrons. The molecule has 0 radical (unpaired) electrons. The number of halogens is 4. The number of nitrogens with zero attached hydrogens (tertiary/aromatic N) is 2. The maximum Gasteiger partial charge on any atom is 0.271 e. The minimum Gasteiger partial charge on any atom is -0.455 e. The first kappa shape index (κ1) is 26.9. The number of thiophene rings is 1. The van der Waals surface area contributed by atoms with Gasteiger partial charge < -0.3 is 15.0 Å². The highest BCUT2D eigenvalue weighted by Gasteiger charge is 2.31. The molecule has 0 amide bonds. The normalized spacial score (nSPS) is 16.3. The molecule has 0 unspecified atom stereocenters. The SMILES string of the molecule is CC(F)(F)c1cc(Cl)ccc1-c1sc2c(ccc3[nH]ncc32)c1Oc1ccc(N[C@@H]2CCN(CCCF)C2)cc1. The number of anilines is 1. The molecule has 2 aromatic heterocycles. The van der Waals surface area contributed by atoms with Gasteiger partial charge in [-0.05, 0) is 61.4 Å². The van der Waals surface area contributed by atoms with Crippen LogP contribution in [0.1, 0.15) is 25.3 Å². The van der Waals surface area contributed by atoms with Crippen LogP contribution in [0.5, 0.6) is 11.5 Å². The monoisotopic (exact) mass is 584 g/mol. The van der Waals surface area contributed by atoms with Gasteiger partial charge >= 0.3 is 0 Å². The Morgan fingerprint density at radius 3 is 2.75 bits per heavy atom. The number of fused-ring (bicyclic) bond motifs is 3. The van der Waals surface area contributed by atoms with Crippen molar-refractivity contribution in [1.29, 1.82) is 0 Å². The maximum atomic E-state index is 14.8. The van der Waals surface area contributed by atoms with E-state index in [1.54, 1.807) is 18.3 Å². The minimum atomic E-state index is -3.10. The van der Waals surface area contributed by atoms with E-state index in [4.69, 9.17) is 16.3 Å². The van der Waals surface area contributed by atoms with Crippen molar-refractivity contribution < 1.29 is 17.9 Å². The molecule has 3 heterocycles. The first-order chi connectivity index (χ1) is 19.3. The summed E-state index contributed by atoms with van der Waals surface area (Å²) in [7, 11) is 0. The third-order valence-electron chi connectivity index (χ3n) is 7.25. The molecule has 3 aromatic carbocycles. The highest BCUT2D eigenvalue weighted by atomic mass is 35.5. The van der Waals surface area contributed by atoms with E-state index in [0.29, 0.717) is 34.4 Å². The maximum absolute atomic E-state index is 14.8. The van der Waals surface area contributed by atoms with E-state index in [1.807, 2.05) is 36.4 Å². The number of likely N-dealkylation sites (tertiary alicyclic amines) is 1. The summed E-state index contributed by atoms with van der Waals surface area (Å²) in [6.45, 7) is 3.21. The van der Waals surface area contributed by atoms with Crippen molar-refractivity contribution in [3.05, 3.63) is 71.4 Å². The van der Waals surface area contributed by atoms with E-state index in [-0.39, 0.29) is 17.3 Å². The number of aromatic amines is 1. The van der Waals surface area contributed by atoms with Crippen LogP contribution >= 0.6 is 22.9 Å². The molecule has 5 nitrogen and oxygen atoms in total. The zero-order chi connectivity index (χ0) is 27.9. The molecule has 5 aromatic rings.